The number of thiazole rings is 1. The molecule has 0 unspecified atom stereocenters. The Morgan fingerprint density at radius 3 is 2.55 bits per heavy atom. The summed E-state index contributed by atoms with van der Waals surface area (Å²) in [6, 6.07) is 18.0. The monoisotopic (exact) mass is 406 g/mol. The number of para-hydroxylation sites is 1. The molecule has 0 amide bonds. The second-order valence-corrected chi connectivity index (χ2v) is 7.46. The Kier molecular flexibility index (Phi) is 5.48. The van der Waals surface area contributed by atoms with Gasteiger partial charge in [-0.05, 0) is 42.8 Å². The van der Waals surface area contributed by atoms with Gasteiger partial charge in [-0.2, -0.15) is 5.10 Å². The zero-order chi connectivity index (χ0) is 20.2. The minimum Gasteiger partial charge on any atom is -0.493 e. The molecule has 0 fully saturated rings. The summed E-state index contributed by atoms with van der Waals surface area (Å²) in [5.74, 6) is 1.44. The fraction of sp³-hybridized carbons (Fsp3) is 0.182. The van der Waals surface area contributed by atoms with Crippen molar-refractivity contribution in [2.45, 2.75) is 13.5 Å². The third-order valence-corrected chi connectivity index (χ3v) is 5.67. The van der Waals surface area contributed by atoms with Crippen molar-refractivity contribution in [2.24, 2.45) is 0 Å². The van der Waals surface area contributed by atoms with Gasteiger partial charge in [0.25, 0.3) is 0 Å². The van der Waals surface area contributed by atoms with E-state index >= 15 is 0 Å². The molecule has 0 spiro atoms. The molecule has 0 saturated carbocycles. The molecule has 0 radical (unpaired) electrons. The topological polar surface area (TPSA) is 61.2 Å². The summed E-state index contributed by atoms with van der Waals surface area (Å²) in [6.07, 6.45) is 1.97. The Balaban J connectivity index is 1.50. The van der Waals surface area contributed by atoms with Gasteiger partial charge in [0.1, 0.15) is 5.69 Å². The predicted molar refractivity (Wildman–Crippen MR) is 116 cm³/mol. The highest BCUT2D eigenvalue weighted by Gasteiger charge is 2.13. The molecule has 148 valence electrons. The molecule has 29 heavy (non-hydrogen) atoms. The van der Waals surface area contributed by atoms with Crippen LogP contribution in [-0.2, 0) is 6.54 Å². The van der Waals surface area contributed by atoms with Gasteiger partial charge in [0, 0.05) is 12.7 Å². The number of hydrogen-bond acceptors (Lipinski definition) is 6. The summed E-state index contributed by atoms with van der Waals surface area (Å²) >= 11 is 1.60. The van der Waals surface area contributed by atoms with Crippen molar-refractivity contribution >= 4 is 16.5 Å². The normalized spacial score (nSPS) is 10.7. The number of ether oxygens (including phenoxy) is 2. The SMILES string of the molecule is COc1ccc(CNc2nc(C)c(-c3ccn(-c4ccccc4)n3)s2)cc1OC. The second kappa shape index (κ2) is 8.36. The van der Waals surface area contributed by atoms with Crippen molar-refractivity contribution in [1.82, 2.24) is 14.8 Å². The van der Waals surface area contributed by atoms with Crippen LogP contribution >= 0.6 is 11.3 Å². The van der Waals surface area contributed by atoms with E-state index in [1.165, 1.54) is 0 Å². The lowest BCUT2D eigenvalue weighted by atomic mass is 10.2. The summed E-state index contributed by atoms with van der Waals surface area (Å²) in [5, 5.41) is 8.97. The van der Waals surface area contributed by atoms with Gasteiger partial charge in [-0.1, -0.05) is 35.6 Å². The van der Waals surface area contributed by atoms with Crippen LogP contribution in [0.5, 0.6) is 11.5 Å². The summed E-state index contributed by atoms with van der Waals surface area (Å²) < 4.78 is 12.5. The van der Waals surface area contributed by atoms with E-state index in [1.807, 2.05) is 72.4 Å². The van der Waals surface area contributed by atoms with Gasteiger partial charge in [-0.3, -0.25) is 0 Å². The zero-order valence-electron chi connectivity index (χ0n) is 16.5. The standard InChI is InChI=1S/C22H22N4O2S/c1-15-21(18-11-12-26(25-18)17-7-5-4-6-8-17)29-22(24-15)23-14-16-9-10-19(27-2)20(13-16)28-3/h4-13H,14H2,1-3H3,(H,23,24). The molecule has 2 heterocycles. The number of hydrogen-bond donors (Lipinski definition) is 1. The van der Waals surface area contributed by atoms with Crippen LogP contribution in [-0.4, -0.2) is 29.0 Å². The molecule has 6 nitrogen and oxygen atoms in total. The Labute approximate surface area is 173 Å². The maximum Gasteiger partial charge on any atom is 0.183 e. The summed E-state index contributed by atoms with van der Waals surface area (Å²) in [5.41, 5.74) is 4.00. The van der Waals surface area contributed by atoms with Crippen LogP contribution in [0, 0.1) is 6.92 Å². The van der Waals surface area contributed by atoms with E-state index in [9.17, 15) is 0 Å². The molecule has 2 aromatic heterocycles. The minimum atomic E-state index is 0.644. The van der Waals surface area contributed by atoms with E-state index < -0.39 is 0 Å². The highest BCUT2D eigenvalue weighted by molar-refractivity contribution is 7.19. The fourth-order valence-electron chi connectivity index (χ4n) is 3.05. The molecule has 0 bridgehead atoms. The van der Waals surface area contributed by atoms with E-state index in [0.717, 1.165) is 38.4 Å². The first kappa shape index (κ1) is 19.0. The van der Waals surface area contributed by atoms with Crippen molar-refractivity contribution in [3.63, 3.8) is 0 Å². The van der Waals surface area contributed by atoms with Crippen LogP contribution in [0.1, 0.15) is 11.3 Å². The maximum absolute atomic E-state index is 5.37. The lowest BCUT2D eigenvalue weighted by Crippen LogP contribution is -2.00. The van der Waals surface area contributed by atoms with Crippen LogP contribution in [0.15, 0.2) is 60.8 Å². The number of methoxy groups -OCH3 is 2. The number of aromatic nitrogens is 3. The van der Waals surface area contributed by atoms with Crippen LogP contribution in [0.2, 0.25) is 0 Å². The Morgan fingerprint density at radius 1 is 1.00 bits per heavy atom. The molecule has 4 aromatic rings. The van der Waals surface area contributed by atoms with Crippen molar-refractivity contribution in [3.8, 4) is 27.8 Å². The van der Waals surface area contributed by atoms with E-state index in [2.05, 4.69) is 10.3 Å². The molecule has 0 atom stereocenters. The molecular formula is C22H22N4O2S. The molecule has 7 heteroatoms. The van der Waals surface area contributed by atoms with Crippen LogP contribution in [0.4, 0.5) is 5.13 Å². The number of nitrogens with one attached hydrogen (secondary N) is 1. The number of nitrogens with zero attached hydrogens (tertiary/aromatic N) is 3. The zero-order valence-corrected chi connectivity index (χ0v) is 17.4. The Bertz CT molecular complexity index is 1110. The molecule has 0 aliphatic carbocycles. The summed E-state index contributed by atoms with van der Waals surface area (Å²) in [7, 11) is 3.27. The Morgan fingerprint density at radius 2 is 1.79 bits per heavy atom. The molecule has 0 aliphatic heterocycles. The molecular weight excluding hydrogens is 384 g/mol. The van der Waals surface area contributed by atoms with Crippen molar-refractivity contribution < 1.29 is 9.47 Å². The quantitative estimate of drug-likeness (QED) is 0.471. The lowest BCUT2D eigenvalue weighted by Gasteiger charge is -2.09. The van der Waals surface area contributed by atoms with Gasteiger partial charge in [-0.15, -0.1) is 0 Å². The Hall–Kier alpha value is -3.32. The molecule has 0 saturated heterocycles. The minimum absolute atomic E-state index is 0.644. The molecule has 0 aliphatic rings. The summed E-state index contributed by atoms with van der Waals surface area (Å²) in [6.45, 7) is 2.65. The van der Waals surface area contributed by atoms with Gasteiger partial charge in [0.15, 0.2) is 16.6 Å². The smallest absolute Gasteiger partial charge is 0.183 e. The average molecular weight is 407 g/mol. The average Bonchev–Trinajstić information content (AvgIpc) is 3.39. The van der Waals surface area contributed by atoms with Gasteiger partial charge in [-0.25, -0.2) is 9.67 Å². The van der Waals surface area contributed by atoms with E-state index in [0.29, 0.717) is 12.3 Å². The van der Waals surface area contributed by atoms with E-state index in [-0.39, 0.29) is 0 Å². The van der Waals surface area contributed by atoms with Gasteiger partial charge >= 0.3 is 0 Å². The predicted octanol–water partition coefficient (Wildman–Crippen LogP) is 4.93. The third kappa shape index (κ3) is 4.09. The highest BCUT2D eigenvalue weighted by Crippen LogP contribution is 2.33. The summed E-state index contributed by atoms with van der Waals surface area (Å²) in [4.78, 5) is 5.73. The van der Waals surface area contributed by atoms with Gasteiger partial charge in [0.2, 0.25) is 0 Å². The number of aryl methyl sites for hydroxylation is 1. The van der Waals surface area contributed by atoms with Crippen LogP contribution in [0.3, 0.4) is 0 Å². The van der Waals surface area contributed by atoms with Crippen molar-refractivity contribution in [2.75, 3.05) is 19.5 Å². The highest BCUT2D eigenvalue weighted by atomic mass is 32.1. The van der Waals surface area contributed by atoms with Crippen molar-refractivity contribution in [1.29, 1.82) is 0 Å². The number of benzene rings is 2. The van der Waals surface area contributed by atoms with Gasteiger partial charge in [0.05, 0.1) is 30.5 Å². The van der Waals surface area contributed by atoms with Crippen LogP contribution < -0.4 is 14.8 Å². The maximum atomic E-state index is 5.37. The largest absolute Gasteiger partial charge is 0.493 e. The number of rotatable bonds is 7. The first-order valence-corrected chi connectivity index (χ1v) is 10.0. The van der Waals surface area contributed by atoms with E-state index in [4.69, 9.17) is 14.6 Å². The van der Waals surface area contributed by atoms with E-state index in [1.54, 1.807) is 25.6 Å². The fourth-order valence-corrected chi connectivity index (χ4v) is 3.97. The molecule has 4 rings (SSSR count). The van der Waals surface area contributed by atoms with Crippen molar-refractivity contribution in [3.05, 3.63) is 72.1 Å². The first-order valence-electron chi connectivity index (χ1n) is 9.21. The lowest BCUT2D eigenvalue weighted by molar-refractivity contribution is 0.354. The third-order valence-electron chi connectivity index (χ3n) is 4.53. The number of anilines is 1. The van der Waals surface area contributed by atoms with Gasteiger partial charge < -0.3 is 14.8 Å². The van der Waals surface area contributed by atoms with Crippen LogP contribution in [0.25, 0.3) is 16.3 Å². The molecule has 2 aromatic carbocycles. The first-order chi connectivity index (χ1) is 14.2. The second-order valence-electron chi connectivity index (χ2n) is 6.46. The molecule has 1 N–H and O–H groups in total.